The first-order valence-corrected chi connectivity index (χ1v) is 13.5. The summed E-state index contributed by atoms with van der Waals surface area (Å²) >= 11 is 0. The molecule has 0 bridgehead atoms. The van der Waals surface area contributed by atoms with Crippen LogP contribution >= 0.6 is 0 Å². The molecule has 0 spiro atoms. The first-order valence-electron chi connectivity index (χ1n) is 13.5. The van der Waals surface area contributed by atoms with Gasteiger partial charge in [0, 0.05) is 54.0 Å². The van der Waals surface area contributed by atoms with E-state index in [4.69, 9.17) is 10.5 Å². The van der Waals surface area contributed by atoms with Crippen LogP contribution in [0.5, 0.6) is 0 Å². The van der Waals surface area contributed by atoms with Gasteiger partial charge in [-0.05, 0) is 42.0 Å². The van der Waals surface area contributed by atoms with Gasteiger partial charge in [0.2, 0.25) is 0 Å². The van der Waals surface area contributed by atoms with Crippen molar-refractivity contribution in [3.05, 3.63) is 157 Å². The van der Waals surface area contributed by atoms with Crippen molar-refractivity contribution in [3.8, 4) is 22.5 Å². The van der Waals surface area contributed by atoms with Gasteiger partial charge in [-0.25, -0.2) is 4.79 Å². The number of methoxy groups -OCH3 is 1. The summed E-state index contributed by atoms with van der Waals surface area (Å²) in [5.41, 5.74) is 13.3. The molecule has 1 aromatic carbocycles. The zero-order valence-corrected chi connectivity index (χ0v) is 26.8. The van der Waals surface area contributed by atoms with Crippen LogP contribution < -0.4 is 0 Å². The van der Waals surface area contributed by atoms with E-state index in [9.17, 15) is 4.79 Å². The number of benzene rings is 1. The van der Waals surface area contributed by atoms with Gasteiger partial charge < -0.3 is 10.5 Å². The second kappa shape index (κ2) is 19.3. The predicted octanol–water partition coefficient (Wildman–Crippen LogP) is 8.09. The average Bonchev–Trinajstić information content (AvgIpc) is 3.09. The summed E-state index contributed by atoms with van der Waals surface area (Å²) in [6.07, 6.45) is 13.2. The monoisotopic (exact) mass is 747 g/mol. The third-order valence-corrected chi connectivity index (χ3v) is 5.56. The standard InChI is InChI=1S/C18H13N2O2.C15H14N3.C2H6.Os/c1-22-18(21)15-11-13(16-6-2-4-8-19-16)10-14(12-15)17-7-3-5-9-20-17;16-14(15-10-4-6-12-18-15)9-2-1-7-13-8-3-5-11-17-13;1-2;/h2-9,11-12H,1H3;1-6,8-12,16H,7H2;1-2H3;/q2*-1;;+2/b;2-1-,14-9-;;. The van der Waals surface area contributed by atoms with Crippen LogP contribution in [0.4, 0.5) is 0 Å². The molecule has 7 nitrogen and oxygen atoms in total. The van der Waals surface area contributed by atoms with Crippen molar-refractivity contribution in [2.45, 2.75) is 20.3 Å². The van der Waals surface area contributed by atoms with Crippen LogP contribution in [-0.4, -0.2) is 33.0 Å². The number of nitrogens with one attached hydrogen (secondary N) is 1. The number of hydrogen-bond donors (Lipinski definition) is 0. The Kier molecular flexibility index (Phi) is 15.5. The van der Waals surface area contributed by atoms with E-state index >= 15 is 0 Å². The van der Waals surface area contributed by atoms with Gasteiger partial charge in [-0.3, -0.25) is 19.9 Å². The van der Waals surface area contributed by atoms with Crippen LogP contribution in [0.25, 0.3) is 33.9 Å². The van der Waals surface area contributed by atoms with Crippen molar-refractivity contribution in [2.24, 2.45) is 0 Å². The van der Waals surface area contributed by atoms with Gasteiger partial charge in [-0.15, -0.1) is 23.9 Å². The van der Waals surface area contributed by atoms with Gasteiger partial charge >= 0.3 is 25.8 Å². The molecular weight excluding hydrogens is 713 g/mol. The van der Waals surface area contributed by atoms with Crippen LogP contribution in [0.2, 0.25) is 0 Å². The Balaban J connectivity index is 0.000000283. The second-order valence-corrected chi connectivity index (χ2v) is 8.37. The Labute approximate surface area is 266 Å². The van der Waals surface area contributed by atoms with Gasteiger partial charge in [0.05, 0.1) is 7.11 Å². The smallest absolute Gasteiger partial charge is 0.697 e. The summed E-state index contributed by atoms with van der Waals surface area (Å²) in [5, 5.41) is 0. The Bertz CT molecular complexity index is 1510. The molecule has 0 atom stereocenters. The molecule has 0 amide bonds. The van der Waals surface area contributed by atoms with Crippen molar-refractivity contribution in [3.63, 3.8) is 0 Å². The van der Waals surface area contributed by atoms with Gasteiger partial charge in [0.1, 0.15) is 0 Å². The Hall–Kier alpha value is -4.79. The summed E-state index contributed by atoms with van der Waals surface area (Å²) in [5.74, 6) is -0.400. The molecule has 0 radical (unpaired) electrons. The summed E-state index contributed by atoms with van der Waals surface area (Å²) in [7, 11) is 1.36. The van der Waals surface area contributed by atoms with Crippen molar-refractivity contribution in [1.29, 1.82) is 0 Å². The van der Waals surface area contributed by atoms with E-state index in [-0.39, 0.29) is 19.8 Å². The van der Waals surface area contributed by atoms with Crippen molar-refractivity contribution in [2.75, 3.05) is 7.11 Å². The topological polar surface area (TPSA) is 102 Å². The van der Waals surface area contributed by atoms with Crippen LogP contribution in [-0.2, 0) is 30.9 Å². The van der Waals surface area contributed by atoms with E-state index in [1.165, 1.54) is 7.11 Å². The molecule has 1 N–H and O–H groups in total. The predicted molar refractivity (Wildman–Crippen MR) is 168 cm³/mol. The van der Waals surface area contributed by atoms with E-state index in [0.29, 0.717) is 17.0 Å². The van der Waals surface area contributed by atoms with Crippen molar-refractivity contribution >= 4 is 11.7 Å². The first kappa shape index (κ1) is 34.4. The molecule has 0 saturated carbocycles. The average molecular weight is 746 g/mol. The molecule has 0 fully saturated rings. The van der Waals surface area contributed by atoms with Crippen molar-refractivity contribution in [1.82, 2.24) is 19.9 Å². The molecule has 218 valence electrons. The number of pyridine rings is 4. The van der Waals surface area contributed by atoms with Gasteiger partial charge in [0.25, 0.3) is 0 Å². The number of carbonyl (C=O) groups is 1. The Morgan fingerprint density at radius 3 is 1.79 bits per heavy atom. The number of nitrogens with zero attached hydrogens (tertiary/aromatic N) is 4. The fourth-order valence-corrected chi connectivity index (χ4v) is 3.61. The van der Waals surface area contributed by atoms with Crippen molar-refractivity contribution < 1.29 is 29.3 Å². The minimum atomic E-state index is -0.400. The minimum absolute atomic E-state index is 0. The van der Waals surface area contributed by atoms with Crippen LogP contribution in [0, 0.1) is 6.07 Å². The van der Waals surface area contributed by atoms with Crippen LogP contribution in [0.15, 0.2) is 128 Å². The van der Waals surface area contributed by atoms with Gasteiger partial charge in [-0.2, -0.15) is 0 Å². The first-order chi connectivity index (χ1) is 20.6. The number of hydrogen-bond acceptors (Lipinski definition) is 6. The fraction of sp³-hybridized carbons (Fsp3) is 0.114. The third-order valence-electron chi connectivity index (χ3n) is 5.56. The molecule has 4 heterocycles. The molecule has 5 aromatic rings. The zero-order valence-electron chi connectivity index (χ0n) is 24.3. The van der Waals surface area contributed by atoms with E-state index < -0.39 is 5.97 Å². The minimum Gasteiger partial charge on any atom is -0.697 e. The number of rotatable bonds is 7. The molecule has 0 aliphatic heterocycles. The fourth-order valence-electron chi connectivity index (χ4n) is 3.61. The van der Waals surface area contributed by atoms with E-state index in [1.54, 1.807) is 43.0 Å². The molecule has 0 aliphatic rings. The maximum absolute atomic E-state index is 11.9. The summed E-state index contributed by atoms with van der Waals surface area (Å²) in [4.78, 5) is 28.9. The zero-order chi connectivity index (χ0) is 30.0. The summed E-state index contributed by atoms with van der Waals surface area (Å²) in [6.45, 7) is 4.00. The van der Waals surface area contributed by atoms with E-state index in [0.717, 1.165) is 34.6 Å². The van der Waals surface area contributed by atoms with E-state index in [2.05, 4.69) is 26.0 Å². The van der Waals surface area contributed by atoms with Gasteiger partial charge in [0.15, 0.2) is 0 Å². The molecular formula is C35H33N5O2Os. The molecule has 4 aromatic heterocycles. The molecule has 0 unspecified atom stereocenters. The Morgan fingerprint density at radius 2 is 1.33 bits per heavy atom. The number of allylic oxidation sites excluding steroid dienone is 3. The summed E-state index contributed by atoms with van der Waals surface area (Å²) in [6, 6.07) is 29.3. The molecule has 43 heavy (non-hydrogen) atoms. The maximum Gasteiger partial charge on any atom is 2.00 e. The SMILES string of the molecule is CC.COC(=O)c1cc(-c2ccccn2)[c-]c(-c2ccccn2)c1.[NH-]/C(=C\C=C/Cc1ccccn1)c1ccccn1.[Os+2]. The number of carbonyl (C=O) groups excluding carboxylic acids is 1. The molecule has 8 heteroatoms. The third kappa shape index (κ3) is 11.2. The summed E-state index contributed by atoms with van der Waals surface area (Å²) < 4.78 is 4.82. The number of ether oxygens (including phenoxy) is 1. The van der Waals surface area contributed by atoms with Crippen LogP contribution in [0.3, 0.4) is 0 Å². The largest absolute Gasteiger partial charge is 2.00 e. The van der Waals surface area contributed by atoms with Crippen LogP contribution in [0.1, 0.15) is 35.6 Å². The second-order valence-electron chi connectivity index (χ2n) is 8.37. The molecule has 0 aliphatic carbocycles. The van der Waals surface area contributed by atoms with E-state index in [1.807, 2.05) is 98.8 Å². The molecule has 0 saturated heterocycles. The number of esters is 1. The Morgan fingerprint density at radius 1 is 0.791 bits per heavy atom. The quantitative estimate of drug-likeness (QED) is 0.0949. The normalized spacial score (nSPS) is 10.3. The molecule has 5 rings (SSSR count). The number of aromatic nitrogens is 4. The van der Waals surface area contributed by atoms with Gasteiger partial charge in [-0.1, -0.05) is 79.6 Å². The maximum atomic E-state index is 11.9.